The minimum atomic E-state index is -0.147. The van der Waals surface area contributed by atoms with Crippen molar-refractivity contribution in [2.24, 2.45) is 5.92 Å². The van der Waals surface area contributed by atoms with E-state index >= 15 is 0 Å². The first-order valence-electron chi connectivity index (χ1n) is 6.33. The molecule has 0 unspecified atom stereocenters. The number of rotatable bonds is 3. The molecule has 5 heteroatoms. The molecule has 0 bridgehead atoms. The highest BCUT2D eigenvalue weighted by molar-refractivity contribution is 8.01. The van der Waals surface area contributed by atoms with E-state index in [0.717, 1.165) is 12.8 Å². The van der Waals surface area contributed by atoms with E-state index in [0.29, 0.717) is 18.8 Å². The SMILES string of the molecule is COC(=O)C1CCN(C(=O)CSC(C)(C)C)CC1. The van der Waals surface area contributed by atoms with Gasteiger partial charge in [0, 0.05) is 17.8 Å². The maximum Gasteiger partial charge on any atom is 0.308 e. The van der Waals surface area contributed by atoms with E-state index in [1.807, 2.05) is 4.90 Å². The van der Waals surface area contributed by atoms with Gasteiger partial charge in [0.2, 0.25) is 5.91 Å². The predicted molar refractivity (Wildman–Crippen MR) is 73.5 cm³/mol. The molecular formula is C13H23NO3S. The summed E-state index contributed by atoms with van der Waals surface area (Å²) in [5.41, 5.74) is 0. The van der Waals surface area contributed by atoms with Gasteiger partial charge >= 0.3 is 5.97 Å². The first kappa shape index (κ1) is 15.3. The van der Waals surface area contributed by atoms with Gasteiger partial charge in [-0.1, -0.05) is 20.8 Å². The Bertz CT molecular complexity index is 304. The van der Waals surface area contributed by atoms with Crippen LogP contribution in [0.2, 0.25) is 0 Å². The van der Waals surface area contributed by atoms with Crippen molar-refractivity contribution in [3.63, 3.8) is 0 Å². The molecule has 0 aliphatic carbocycles. The van der Waals surface area contributed by atoms with Gasteiger partial charge in [-0.05, 0) is 12.8 Å². The number of hydrogen-bond donors (Lipinski definition) is 0. The molecule has 104 valence electrons. The lowest BCUT2D eigenvalue weighted by molar-refractivity contribution is -0.148. The van der Waals surface area contributed by atoms with Gasteiger partial charge in [-0.25, -0.2) is 0 Å². The van der Waals surface area contributed by atoms with Gasteiger partial charge in [0.25, 0.3) is 0 Å². The van der Waals surface area contributed by atoms with Gasteiger partial charge in [-0.2, -0.15) is 0 Å². The highest BCUT2D eigenvalue weighted by Gasteiger charge is 2.28. The smallest absolute Gasteiger partial charge is 0.308 e. The van der Waals surface area contributed by atoms with Crippen molar-refractivity contribution >= 4 is 23.6 Å². The lowest BCUT2D eigenvalue weighted by Crippen LogP contribution is -2.41. The van der Waals surface area contributed by atoms with Gasteiger partial charge in [-0.3, -0.25) is 9.59 Å². The van der Waals surface area contributed by atoms with Gasteiger partial charge in [0.05, 0.1) is 18.8 Å². The molecule has 1 amide bonds. The Balaban J connectivity index is 2.34. The zero-order valence-corrected chi connectivity index (χ0v) is 12.5. The second-order valence-corrected chi connectivity index (χ2v) is 7.38. The van der Waals surface area contributed by atoms with E-state index in [2.05, 4.69) is 20.8 Å². The van der Waals surface area contributed by atoms with E-state index in [1.54, 1.807) is 11.8 Å². The number of piperidine rings is 1. The Kier molecular flexibility index (Phi) is 5.50. The molecule has 1 saturated heterocycles. The molecule has 1 heterocycles. The molecule has 0 radical (unpaired) electrons. The van der Waals surface area contributed by atoms with Gasteiger partial charge in [0.15, 0.2) is 0 Å². The fourth-order valence-corrected chi connectivity index (χ4v) is 2.64. The summed E-state index contributed by atoms with van der Waals surface area (Å²) >= 11 is 1.66. The number of nitrogens with zero attached hydrogens (tertiary/aromatic N) is 1. The number of thioether (sulfide) groups is 1. The second kappa shape index (κ2) is 6.45. The average Bonchev–Trinajstić information content (AvgIpc) is 2.34. The number of ether oxygens (including phenoxy) is 1. The van der Waals surface area contributed by atoms with Crippen LogP contribution < -0.4 is 0 Å². The third kappa shape index (κ3) is 4.88. The predicted octanol–water partition coefficient (Wildman–Crippen LogP) is 1.93. The zero-order valence-electron chi connectivity index (χ0n) is 11.7. The fourth-order valence-electron chi connectivity index (χ4n) is 1.90. The van der Waals surface area contributed by atoms with E-state index in [-0.39, 0.29) is 22.5 Å². The highest BCUT2D eigenvalue weighted by Crippen LogP contribution is 2.24. The molecule has 1 aliphatic heterocycles. The van der Waals surface area contributed by atoms with Crippen molar-refractivity contribution in [3.05, 3.63) is 0 Å². The van der Waals surface area contributed by atoms with Crippen molar-refractivity contribution < 1.29 is 14.3 Å². The number of methoxy groups -OCH3 is 1. The van der Waals surface area contributed by atoms with Crippen LogP contribution in [0.3, 0.4) is 0 Å². The van der Waals surface area contributed by atoms with Crippen LogP contribution in [0.4, 0.5) is 0 Å². The van der Waals surface area contributed by atoms with Crippen LogP contribution in [-0.4, -0.2) is 47.5 Å². The summed E-state index contributed by atoms with van der Waals surface area (Å²) in [5.74, 6) is 0.519. The Morgan fingerprint density at radius 1 is 1.28 bits per heavy atom. The fraction of sp³-hybridized carbons (Fsp3) is 0.846. The van der Waals surface area contributed by atoms with Crippen LogP contribution in [0.5, 0.6) is 0 Å². The Morgan fingerprint density at radius 3 is 2.28 bits per heavy atom. The van der Waals surface area contributed by atoms with Gasteiger partial charge in [0.1, 0.15) is 0 Å². The quantitative estimate of drug-likeness (QED) is 0.737. The molecule has 0 aromatic rings. The number of esters is 1. The van der Waals surface area contributed by atoms with Gasteiger partial charge < -0.3 is 9.64 Å². The molecule has 18 heavy (non-hydrogen) atoms. The van der Waals surface area contributed by atoms with Crippen LogP contribution >= 0.6 is 11.8 Å². The van der Waals surface area contributed by atoms with Crippen LogP contribution in [0.15, 0.2) is 0 Å². The number of carbonyl (C=O) groups excluding carboxylic acids is 2. The lowest BCUT2D eigenvalue weighted by atomic mass is 9.97. The summed E-state index contributed by atoms with van der Waals surface area (Å²) in [6.45, 7) is 7.66. The van der Waals surface area contributed by atoms with Crippen LogP contribution in [0.1, 0.15) is 33.6 Å². The summed E-state index contributed by atoms with van der Waals surface area (Å²) < 4.78 is 4.84. The van der Waals surface area contributed by atoms with E-state index in [1.165, 1.54) is 7.11 Å². The Morgan fingerprint density at radius 2 is 1.83 bits per heavy atom. The minimum absolute atomic E-state index is 0.0330. The Labute approximate surface area is 113 Å². The first-order chi connectivity index (χ1) is 8.33. The molecule has 0 N–H and O–H groups in total. The zero-order chi connectivity index (χ0) is 13.8. The van der Waals surface area contributed by atoms with E-state index in [4.69, 9.17) is 4.74 Å². The summed E-state index contributed by atoms with van der Waals surface area (Å²) in [6, 6.07) is 0. The normalized spacial score (nSPS) is 17.7. The molecule has 1 rings (SSSR count). The molecule has 0 saturated carbocycles. The number of amides is 1. The third-order valence-electron chi connectivity index (χ3n) is 3.01. The van der Waals surface area contributed by atoms with Crippen molar-refractivity contribution in [3.8, 4) is 0 Å². The summed E-state index contributed by atoms with van der Waals surface area (Å²) in [5, 5.41) is 0. The van der Waals surface area contributed by atoms with Crippen molar-refractivity contribution in [2.75, 3.05) is 26.0 Å². The maximum absolute atomic E-state index is 12.0. The lowest BCUT2D eigenvalue weighted by Gasteiger charge is -2.31. The minimum Gasteiger partial charge on any atom is -0.469 e. The number of likely N-dealkylation sites (tertiary alicyclic amines) is 1. The molecule has 0 spiro atoms. The molecule has 4 nitrogen and oxygen atoms in total. The highest BCUT2D eigenvalue weighted by atomic mass is 32.2. The monoisotopic (exact) mass is 273 g/mol. The summed E-state index contributed by atoms with van der Waals surface area (Å²) in [6.07, 6.45) is 1.44. The van der Waals surface area contributed by atoms with Crippen LogP contribution in [-0.2, 0) is 14.3 Å². The summed E-state index contributed by atoms with van der Waals surface area (Å²) in [7, 11) is 1.42. The van der Waals surface area contributed by atoms with Gasteiger partial charge in [-0.15, -0.1) is 11.8 Å². The molecule has 0 aromatic carbocycles. The van der Waals surface area contributed by atoms with Crippen molar-refractivity contribution in [2.45, 2.75) is 38.4 Å². The first-order valence-corrected chi connectivity index (χ1v) is 7.31. The van der Waals surface area contributed by atoms with Crippen LogP contribution in [0.25, 0.3) is 0 Å². The Hall–Kier alpha value is -0.710. The maximum atomic E-state index is 12.0. The number of carbonyl (C=O) groups is 2. The molecule has 0 aromatic heterocycles. The molecular weight excluding hydrogens is 250 g/mol. The molecule has 0 atom stereocenters. The van der Waals surface area contributed by atoms with Crippen molar-refractivity contribution in [1.29, 1.82) is 0 Å². The average molecular weight is 273 g/mol. The summed E-state index contributed by atoms with van der Waals surface area (Å²) in [4.78, 5) is 25.2. The van der Waals surface area contributed by atoms with E-state index < -0.39 is 0 Å². The molecule has 1 aliphatic rings. The molecule has 1 fully saturated rings. The standard InChI is InChI=1S/C13H23NO3S/c1-13(2,3)18-9-11(15)14-7-5-10(6-8-14)12(16)17-4/h10H,5-9H2,1-4H3. The largest absolute Gasteiger partial charge is 0.469 e. The topological polar surface area (TPSA) is 46.6 Å². The van der Waals surface area contributed by atoms with E-state index in [9.17, 15) is 9.59 Å². The number of hydrogen-bond acceptors (Lipinski definition) is 4. The van der Waals surface area contributed by atoms with Crippen molar-refractivity contribution in [1.82, 2.24) is 4.90 Å². The third-order valence-corrected chi connectivity index (χ3v) is 4.27. The second-order valence-electron chi connectivity index (χ2n) is 5.58. The van der Waals surface area contributed by atoms with Crippen LogP contribution in [0, 0.1) is 5.92 Å².